The Kier molecular flexibility index (Phi) is 2.40. The fraction of sp³-hybridized carbons (Fsp3) is 0.167. The summed E-state index contributed by atoms with van der Waals surface area (Å²) in [7, 11) is 1.70. The molecule has 0 spiro atoms. The first-order valence-electron chi connectivity index (χ1n) is 5.43. The minimum Gasteiger partial charge on any atom is -0.454 e. The molecule has 1 aliphatic heterocycles. The molecule has 3 rings (SSSR count). The van der Waals surface area contributed by atoms with E-state index >= 15 is 0 Å². The number of nitrogens with one attached hydrogen (secondary N) is 1. The van der Waals surface area contributed by atoms with Crippen molar-refractivity contribution in [3.63, 3.8) is 0 Å². The Morgan fingerprint density at radius 3 is 2.94 bits per heavy atom. The molecule has 1 aromatic heterocycles. The molecule has 0 saturated heterocycles. The van der Waals surface area contributed by atoms with E-state index in [9.17, 15) is 4.79 Å². The first-order valence-corrected chi connectivity index (χ1v) is 5.43. The van der Waals surface area contributed by atoms with Gasteiger partial charge < -0.3 is 14.4 Å². The van der Waals surface area contributed by atoms with Crippen LogP contribution < -0.4 is 14.4 Å². The van der Waals surface area contributed by atoms with Crippen LogP contribution in [0.2, 0.25) is 0 Å². The van der Waals surface area contributed by atoms with Gasteiger partial charge in [0.05, 0.1) is 0 Å². The molecule has 2 heterocycles. The molecular weight excluding hydrogens is 234 g/mol. The Hall–Kier alpha value is -2.50. The molecule has 1 N–H and O–H groups in total. The SMILES string of the molecule is CN(C(=O)c1ccn[nH]1)c1ccc2c(c1)OCO2. The van der Waals surface area contributed by atoms with Crippen molar-refractivity contribution in [2.24, 2.45) is 0 Å². The maximum atomic E-state index is 12.1. The van der Waals surface area contributed by atoms with E-state index < -0.39 is 0 Å². The molecule has 1 aliphatic rings. The molecule has 1 amide bonds. The number of nitrogens with zero attached hydrogens (tertiary/aromatic N) is 2. The highest BCUT2D eigenvalue weighted by molar-refractivity contribution is 6.04. The lowest BCUT2D eigenvalue weighted by molar-refractivity contribution is 0.0988. The number of hydrogen-bond donors (Lipinski definition) is 1. The highest BCUT2D eigenvalue weighted by Crippen LogP contribution is 2.35. The van der Waals surface area contributed by atoms with Crippen molar-refractivity contribution in [1.82, 2.24) is 10.2 Å². The average molecular weight is 245 g/mol. The lowest BCUT2D eigenvalue weighted by Crippen LogP contribution is -2.26. The third kappa shape index (κ3) is 1.67. The number of aromatic amines is 1. The van der Waals surface area contributed by atoms with Crippen LogP contribution in [0.25, 0.3) is 0 Å². The van der Waals surface area contributed by atoms with Crippen LogP contribution in [0.3, 0.4) is 0 Å². The normalized spacial score (nSPS) is 12.5. The van der Waals surface area contributed by atoms with Crippen LogP contribution in [0.1, 0.15) is 10.5 Å². The van der Waals surface area contributed by atoms with Gasteiger partial charge in [0.1, 0.15) is 5.69 Å². The van der Waals surface area contributed by atoms with Crippen molar-refractivity contribution in [1.29, 1.82) is 0 Å². The summed E-state index contributed by atoms with van der Waals surface area (Å²) < 4.78 is 10.5. The number of benzene rings is 1. The van der Waals surface area contributed by atoms with Crippen LogP contribution in [0.5, 0.6) is 11.5 Å². The van der Waals surface area contributed by atoms with Crippen molar-refractivity contribution in [3.8, 4) is 11.5 Å². The number of hydrogen-bond acceptors (Lipinski definition) is 4. The van der Waals surface area contributed by atoms with Crippen molar-refractivity contribution in [3.05, 3.63) is 36.2 Å². The summed E-state index contributed by atoms with van der Waals surface area (Å²) in [4.78, 5) is 13.6. The Labute approximate surface area is 103 Å². The van der Waals surface area contributed by atoms with Gasteiger partial charge in [0.15, 0.2) is 11.5 Å². The van der Waals surface area contributed by atoms with E-state index in [1.54, 1.807) is 31.4 Å². The molecule has 6 nitrogen and oxygen atoms in total. The van der Waals surface area contributed by atoms with E-state index in [1.165, 1.54) is 4.90 Å². The van der Waals surface area contributed by atoms with Gasteiger partial charge in [-0.05, 0) is 18.2 Å². The number of aromatic nitrogens is 2. The number of rotatable bonds is 2. The average Bonchev–Trinajstić information content (AvgIpc) is 3.06. The summed E-state index contributed by atoms with van der Waals surface area (Å²) in [6.07, 6.45) is 1.54. The lowest BCUT2D eigenvalue weighted by atomic mass is 10.2. The molecule has 92 valence electrons. The molecule has 1 aromatic carbocycles. The maximum absolute atomic E-state index is 12.1. The van der Waals surface area contributed by atoms with Crippen LogP contribution in [0.15, 0.2) is 30.5 Å². The number of amides is 1. The van der Waals surface area contributed by atoms with Crippen LogP contribution in [-0.4, -0.2) is 29.9 Å². The van der Waals surface area contributed by atoms with Crippen molar-refractivity contribution < 1.29 is 14.3 Å². The molecule has 0 aliphatic carbocycles. The van der Waals surface area contributed by atoms with Crippen LogP contribution >= 0.6 is 0 Å². The first-order chi connectivity index (χ1) is 8.75. The Balaban J connectivity index is 1.88. The van der Waals surface area contributed by atoms with E-state index in [0.717, 1.165) is 5.69 Å². The smallest absolute Gasteiger partial charge is 0.276 e. The number of carbonyl (C=O) groups is 1. The predicted molar refractivity (Wildman–Crippen MR) is 63.9 cm³/mol. The number of anilines is 1. The summed E-state index contributed by atoms with van der Waals surface area (Å²) >= 11 is 0. The standard InChI is InChI=1S/C12H11N3O3/c1-15(12(16)9-4-5-13-14-9)8-2-3-10-11(6-8)18-7-17-10/h2-6H,7H2,1H3,(H,13,14). The second kappa shape index (κ2) is 4.06. The Morgan fingerprint density at radius 1 is 1.33 bits per heavy atom. The Bertz CT molecular complexity index is 580. The van der Waals surface area contributed by atoms with Gasteiger partial charge in [-0.1, -0.05) is 0 Å². The van der Waals surface area contributed by atoms with Gasteiger partial charge in [0, 0.05) is 25.0 Å². The third-order valence-corrected chi connectivity index (χ3v) is 2.78. The van der Waals surface area contributed by atoms with Gasteiger partial charge in [0.25, 0.3) is 5.91 Å². The number of H-pyrrole nitrogens is 1. The molecule has 0 saturated carbocycles. The molecule has 0 unspecified atom stereocenters. The molecule has 18 heavy (non-hydrogen) atoms. The van der Waals surface area contributed by atoms with Gasteiger partial charge in [-0.15, -0.1) is 0 Å². The van der Waals surface area contributed by atoms with Gasteiger partial charge in [-0.3, -0.25) is 9.89 Å². The zero-order chi connectivity index (χ0) is 12.5. The third-order valence-electron chi connectivity index (χ3n) is 2.78. The van der Waals surface area contributed by atoms with Gasteiger partial charge in [-0.2, -0.15) is 5.10 Å². The van der Waals surface area contributed by atoms with Gasteiger partial charge in [-0.25, -0.2) is 0 Å². The van der Waals surface area contributed by atoms with Crippen molar-refractivity contribution in [2.45, 2.75) is 0 Å². The van der Waals surface area contributed by atoms with E-state index in [4.69, 9.17) is 9.47 Å². The number of fused-ring (bicyclic) bond motifs is 1. The zero-order valence-electron chi connectivity index (χ0n) is 9.71. The topological polar surface area (TPSA) is 67.5 Å². The highest BCUT2D eigenvalue weighted by atomic mass is 16.7. The van der Waals surface area contributed by atoms with Crippen LogP contribution in [-0.2, 0) is 0 Å². The van der Waals surface area contributed by atoms with Crippen LogP contribution in [0.4, 0.5) is 5.69 Å². The molecule has 0 bridgehead atoms. The summed E-state index contributed by atoms with van der Waals surface area (Å²) in [5.41, 5.74) is 1.18. The minimum atomic E-state index is -0.161. The maximum Gasteiger partial charge on any atom is 0.276 e. The van der Waals surface area contributed by atoms with E-state index in [2.05, 4.69) is 10.2 Å². The van der Waals surface area contributed by atoms with E-state index in [-0.39, 0.29) is 12.7 Å². The summed E-state index contributed by atoms with van der Waals surface area (Å²) in [6.45, 7) is 0.219. The highest BCUT2D eigenvalue weighted by Gasteiger charge is 2.18. The quantitative estimate of drug-likeness (QED) is 0.868. The second-order valence-corrected chi connectivity index (χ2v) is 3.87. The number of ether oxygens (including phenoxy) is 2. The predicted octanol–water partition coefficient (Wildman–Crippen LogP) is 1.41. The Morgan fingerprint density at radius 2 is 2.17 bits per heavy atom. The zero-order valence-corrected chi connectivity index (χ0v) is 9.71. The van der Waals surface area contributed by atoms with Crippen molar-refractivity contribution >= 4 is 11.6 Å². The summed E-state index contributed by atoms with van der Waals surface area (Å²) in [5, 5.41) is 6.40. The minimum absolute atomic E-state index is 0.161. The molecule has 6 heteroatoms. The largest absolute Gasteiger partial charge is 0.454 e. The van der Waals surface area contributed by atoms with Gasteiger partial charge >= 0.3 is 0 Å². The van der Waals surface area contributed by atoms with E-state index in [1.807, 2.05) is 6.07 Å². The molecule has 2 aromatic rings. The molecule has 0 radical (unpaired) electrons. The fourth-order valence-electron chi connectivity index (χ4n) is 1.77. The fourth-order valence-corrected chi connectivity index (χ4v) is 1.77. The summed E-state index contributed by atoms with van der Waals surface area (Å²) in [6, 6.07) is 7.00. The molecule has 0 atom stereocenters. The first kappa shape index (κ1) is 10.6. The van der Waals surface area contributed by atoms with Gasteiger partial charge in [0.2, 0.25) is 6.79 Å². The summed E-state index contributed by atoms with van der Waals surface area (Å²) in [5.74, 6) is 1.18. The lowest BCUT2D eigenvalue weighted by Gasteiger charge is -2.16. The monoisotopic (exact) mass is 245 g/mol. The number of carbonyl (C=O) groups excluding carboxylic acids is 1. The molecular formula is C12H11N3O3. The van der Waals surface area contributed by atoms with E-state index in [0.29, 0.717) is 17.2 Å². The molecule has 0 fully saturated rings. The van der Waals surface area contributed by atoms with Crippen molar-refractivity contribution in [2.75, 3.05) is 18.7 Å². The van der Waals surface area contributed by atoms with Crippen LogP contribution in [0, 0.1) is 0 Å². The second-order valence-electron chi connectivity index (χ2n) is 3.87.